The standard InChI is InChI=1S/C16H18N4O4/c17-15(22)12-2-1-7-20(8-12)14(21)9-23-13-5-3-11(4-6-13)16-19-18-10-24-16/h3-6,10,12H,1-2,7-9H2,(H2,17,22)/t12-/m0/s1. The molecule has 8 heteroatoms. The maximum absolute atomic E-state index is 12.2. The van der Waals surface area contributed by atoms with E-state index in [1.807, 2.05) is 0 Å². The van der Waals surface area contributed by atoms with Crippen molar-refractivity contribution in [2.45, 2.75) is 12.8 Å². The van der Waals surface area contributed by atoms with Gasteiger partial charge in [0.05, 0.1) is 5.92 Å². The van der Waals surface area contributed by atoms with Crippen LogP contribution in [0, 0.1) is 5.92 Å². The number of likely N-dealkylation sites (tertiary alicyclic amines) is 1. The Bertz CT molecular complexity index is 699. The Kier molecular flexibility index (Phi) is 4.74. The number of piperidine rings is 1. The summed E-state index contributed by atoms with van der Waals surface area (Å²) in [4.78, 5) is 25.1. The lowest BCUT2D eigenvalue weighted by Gasteiger charge is -2.31. The number of benzene rings is 1. The van der Waals surface area contributed by atoms with E-state index in [0.29, 0.717) is 24.7 Å². The van der Waals surface area contributed by atoms with E-state index >= 15 is 0 Å². The number of primary amides is 1. The van der Waals surface area contributed by atoms with Crippen LogP contribution in [-0.2, 0) is 9.59 Å². The van der Waals surface area contributed by atoms with E-state index in [1.54, 1.807) is 29.2 Å². The highest BCUT2D eigenvalue weighted by molar-refractivity contribution is 5.81. The SMILES string of the molecule is NC(=O)[C@H]1CCCN(C(=O)COc2ccc(-c3nnco3)cc2)C1. The molecule has 0 spiro atoms. The summed E-state index contributed by atoms with van der Waals surface area (Å²) in [5.74, 6) is 0.210. The molecule has 3 rings (SSSR count). The highest BCUT2D eigenvalue weighted by atomic mass is 16.5. The fourth-order valence-electron chi connectivity index (χ4n) is 2.66. The zero-order chi connectivity index (χ0) is 16.9. The topological polar surface area (TPSA) is 112 Å². The minimum Gasteiger partial charge on any atom is -0.484 e. The summed E-state index contributed by atoms with van der Waals surface area (Å²) in [5, 5.41) is 7.44. The Morgan fingerprint density at radius 1 is 1.33 bits per heavy atom. The van der Waals surface area contributed by atoms with Crippen LogP contribution in [0.3, 0.4) is 0 Å². The van der Waals surface area contributed by atoms with Crippen molar-refractivity contribution in [1.82, 2.24) is 15.1 Å². The van der Waals surface area contributed by atoms with Gasteiger partial charge in [0, 0.05) is 18.7 Å². The predicted molar refractivity (Wildman–Crippen MR) is 83.7 cm³/mol. The minimum absolute atomic E-state index is 0.0780. The molecular weight excluding hydrogens is 312 g/mol. The van der Waals surface area contributed by atoms with Crippen molar-refractivity contribution in [3.8, 4) is 17.2 Å². The summed E-state index contributed by atoms with van der Waals surface area (Å²) in [6.07, 6.45) is 2.77. The molecule has 1 aliphatic rings. The largest absolute Gasteiger partial charge is 0.484 e. The first kappa shape index (κ1) is 16.0. The van der Waals surface area contributed by atoms with Crippen molar-refractivity contribution in [2.24, 2.45) is 11.7 Å². The lowest BCUT2D eigenvalue weighted by molar-refractivity contribution is -0.136. The second kappa shape index (κ2) is 7.12. The number of hydrogen-bond acceptors (Lipinski definition) is 6. The predicted octanol–water partition coefficient (Wildman–Crippen LogP) is 0.839. The molecule has 1 aliphatic heterocycles. The van der Waals surface area contributed by atoms with Crippen LogP contribution in [0.25, 0.3) is 11.5 Å². The van der Waals surface area contributed by atoms with Crippen LogP contribution >= 0.6 is 0 Å². The molecule has 0 unspecified atom stereocenters. The Labute approximate surface area is 138 Å². The molecular formula is C16H18N4O4. The molecule has 2 N–H and O–H groups in total. The molecule has 0 aliphatic carbocycles. The molecule has 2 aromatic rings. The molecule has 8 nitrogen and oxygen atoms in total. The molecule has 1 fully saturated rings. The first-order valence-corrected chi connectivity index (χ1v) is 7.70. The molecule has 0 saturated carbocycles. The molecule has 0 radical (unpaired) electrons. The van der Waals surface area contributed by atoms with E-state index in [2.05, 4.69) is 10.2 Å². The van der Waals surface area contributed by atoms with Gasteiger partial charge in [-0.15, -0.1) is 10.2 Å². The minimum atomic E-state index is -0.356. The fraction of sp³-hybridized carbons (Fsp3) is 0.375. The first-order chi connectivity index (χ1) is 11.6. The van der Waals surface area contributed by atoms with Gasteiger partial charge in [-0.1, -0.05) is 0 Å². The van der Waals surface area contributed by atoms with Gasteiger partial charge in [0.1, 0.15) is 5.75 Å². The van der Waals surface area contributed by atoms with Crippen LogP contribution in [0.4, 0.5) is 0 Å². The Morgan fingerprint density at radius 3 is 2.79 bits per heavy atom. The normalized spacial score (nSPS) is 17.5. The summed E-state index contributed by atoms with van der Waals surface area (Å²) < 4.78 is 10.6. The van der Waals surface area contributed by atoms with Crippen molar-refractivity contribution < 1.29 is 18.7 Å². The zero-order valence-corrected chi connectivity index (χ0v) is 13.1. The number of carbonyl (C=O) groups excluding carboxylic acids is 2. The molecule has 24 heavy (non-hydrogen) atoms. The summed E-state index contributed by atoms with van der Waals surface area (Å²) in [6, 6.07) is 7.01. The monoisotopic (exact) mass is 330 g/mol. The average molecular weight is 330 g/mol. The third-order valence-electron chi connectivity index (χ3n) is 4.00. The summed E-state index contributed by atoms with van der Waals surface area (Å²) in [5.41, 5.74) is 6.09. The second-order valence-corrected chi connectivity index (χ2v) is 5.64. The second-order valence-electron chi connectivity index (χ2n) is 5.64. The molecule has 1 aromatic carbocycles. The smallest absolute Gasteiger partial charge is 0.260 e. The Morgan fingerprint density at radius 2 is 2.12 bits per heavy atom. The number of aromatic nitrogens is 2. The van der Waals surface area contributed by atoms with Gasteiger partial charge < -0.3 is 19.8 Å². The van der Waals surface area contributed by atoms with Crippen LogP contribution in [0.5, 0.6) is 5.75 Å². The summed E-state index contributed by atoms with van der Waals surface area (Å²) in [7, 11) is 0. The number of nitrogens with two attached hydrogens (primary N) is 1. The van der Waals surface area contributed by atoms with Gasteiger partial charge in [-0.25, -0.2) is 0 Å². The van der Waals surface area contributed by atoms with Crippen molar-refractivity contribution in [1.29, 1.82) is 0 Å². The third kappa shape index (κ3) is 3.70. The van der Waals surface area contributed by atoms with Crippen LogP contribution < -0.4 is 10.5 Å². The number of carbonyl (C=O) groups is 2. The van der Waals surface area contributed by atoms with E-state index < -0.39 is 0 Å². The highest BCUT2D eigenvalue weighted by Crippen LogP contribution is 2.21. The Balaban J connectivity index is 1.53. The van der Waals surface area contributed by atoms with Gasteiger partial charge in [-0.05, 0) is 37.1 Å². The van der Waals surface area contributed by atoms with Crippen molar-refractivity contribution in [3.05, 3.63) is 30.7 Å². The average Bonchev–Trinajstić information content (AvgIpc) is 3.15. The number of ether oxygens (including phenoxy) is 1. The van der Waals surface area contributed by atoms with Crippen LogP contribution in [-0.4, -0.2) is 46.6 Å². The number of nitrogens with zero attached hydrogens (tertiary/aromatic N) is 3. The zero-order valence-electron chi connectivity index (χ0n) is 13.1. The van der Waals surface area contributed by atoms with E-state index in [0.717, 1.165) is 18.4 Å². The molecule has 2 heterocycles. The highest BCUT2D eigenvalue weighted by Gasteiger charge is 2.27. The molecule has 1 aromatic heterocycles. The maximum atomic E-state index is 12.2. The first-order valence-electron chi connectivity index (χ1n) is 7.70. The molecule has 2 amide bonds. The molecule has 0 bridgehead atoms. The number of amides is 2. The van der Waals surface area contributed by atoms with E-state index in [4.69, 9.17) is 14.9 Å². The van der Waals surface area contributed by atoms with Gasteiger partial charge in [-0.3, -0.25) is 9.59 Å². The Hall–Kier alpha value is -2.90. The summed E-state index contributed by atoms with van der Waals surface area (Å²) in [6.45, 7) is 0.918. The summed E-state index contributed by atoms with van der Waals surface area (Å²) >= 11 is 0. The quantitative estimate of drug-likeness (QED) is 0.869. The van der Waals surface area contributed by atoms with Crippen LogP contribution in [0.1, 0.15) is 12.8 Å². The van der Waals surface area contributed by atoms with Crippen LogP contribution in [0.15, 0.2) is 35.1 Å². The van der Waals surface area contributed by atoms with Gasteiger partial charge in [0.25, 0.3) is 5.91 Å². The number of rotatable bonds is 5. The molecule has 1 saturated heterocycles. The van der Waals surface area contributed by atoms with E-state index in [1.165, 1.54) is 6.39 Å². The fourth-order valence-corrected chi connectivity index (χ4v) is 2.66. The van der Waals surface area contributed by atoms with Crippen molar-refractivity contribution >= 4 is 11.8 Å². The molecule has 1 atom stereocenters. The maximum Gasteiger partial charge on any atom is 0.260 e. The van der Waals surface area contributed by atoms with E-state index in [9.17, 15) is 9.59 Å². The third-order valence-corrected chi connectivity index (χ3v) is 4.00. The van der Waals surface area contributed by atoms with Gasteiger partial charge in [0.15, 0.2) is 6.61 Å². The lowest BCUT2D eigenvalue weighted by Crippen LogP contribution is -2.45. The van der Waals surface area contributed by atoms with Gasteiger partial charge >= 0.3 is 0 Å². The van der Waals surface area contributed by atoms with Gasteiger partial charge in [-0.2, -0.15) is 0 Å². The van der Waals surface area contributed by atoms with Crippen molar-refractivity contribution in [2.75, 3.05) is 19.7 Å². The lowest BCUT2D eigenvalue weighted by atomic mass is 9.97. The van der Waals surface area contributed by atoms with Crippen LogP contribution in [0.2, 0.25) is 0 Å². The van der Waals surface area contributed by atoms with Crippen molar-refractivity contribution in [3.63, 3.8) is 0 Å². The van der Waals surface area contributed by atoms with Gasteiger partial charge in [0.2, 0.25) is 18.2 Å². The molecule has 126 valence electrons. The number of hydrogen-bond donors (Lipinski definition) is 1. The van der Waals surface area contributed by atoms with E-state index in [-0.39, 0.29) is 24.3 Å².